The zero-order valence-corrected chi connectivity index (χ0v) is 7.77. The van der Waals surface area contributed by atoms with Gasteiger partial charge in [0.05, 0.1) is 11.4 Å². The van der Waals surface area contributed by atoms with Gasteiger partial charge in [-0.05, 0) is 18.2 Å². The van der Waals surface area contributed by atoms with Gasteiger partial charge in [-0.2, -0.15) is 0 Å². The van der Waals surface area contributed by atoms with Crippen LogP contribution in [0.1, 0.15) is 5.69 Å². The minimum absolute atomic E-state index is 0.610. The number of hydrogen-bond acceptors (Lipinski definition) is 3. The van der Waals surface area contributed by atoms with Gasteiger partial charge in [0.2, 0.25) is 0 Å². The third-order valence-corrected chi connectivity index (χ3v) is 1.62. The number of hydrogen-bond donors (Lipinski definition) is 0. The van der Waals surface area contributed by atoms with E-state index in [2.05, 4.69) is 4.98 Å². The summed E-state index contributed by atoms with van der Waals surface area (Å²) in [5.41, 5.74) is 1.40. The fraction of sp³-hybridized carbons (Fsp3) is 0.200. The number of aldehydes is 1. The summed E-state index contributed by atoms with van der Waals surface area (Å²) in [6, 6.07) is 5.58. The smallest absolute Gasteiger partial charge is 0.166 e. The van der Waals surface area contributed by atoms with Crippen LogP contribution < -0.4 is 0 Å². The Hall–Kier alpha value is -1.64. The molecule has 1 aromatic heterocycles. The molecule has 0 aliphatic heterocycles. The van der Waals surface area contributed by atoms with Gasteiger partial charge in [-0.25, -0.2) is 0 Å². The van der Waals surface area contributed by atoms with Crippen molar-refractivity contribution >= 4 is 12.4 Å². The second-order valence-electron chi connectivity index (χ2n) is 2.84. The van der Waals surface area contributed by atoms with E-state index in [1.807, 2.05) is 32.3 Å². The van der Waals surface area contributed by atoms with Crippen LogP contribution in [-0.2, 0) is 4.79 Å². The Morgan fingerprint density at radius 3 is 2.69 bits per heavy atom. The molecule has 0 bridgehead atoms. The molecule has 3 nitrogen and oxygen atoms in total. The molecule has 1 heterocycles. The van der Waals surface area contributed by atoms with E-state index in [4.69, 9.17) is 0 Å². The minimum Gasteiger partial charge on any atom is -0.375 e. The van der Waals surface area contributed by atoms with Crippen molar-refractivity contribution in [3.63, 3.8) is 0 Å². The number of carbonyl (C=O) groups excluding carboxylic acids is 1. The molecule has 0 fully saturated rings. The van der Waals surface area contributed by atoms with Crippen LogP contribution in [0.2, 0.25) is 0 Å². The summed E-state index contributed by atoms with van der Waals surface area (Å²) in [4.78, 5) is 16.5. The molecular formula is C10H12N2O. The Morgan fingerprint density at radius 2 is 2.23 bits per heavy atom. The zero-order chi connectivity index (χ0) is 9.68. The second-order valence-corrected chi connectivity index (χ2v) is 2.84. The van der Waals surface area contributed by atoms with Crippen LogP contribution in [0.25, 0.3) is 6.08 Å². The molecular weight excluding hydrogens is 164 g/mol. The number of allylic oxidation sites excluding steroid dienone is 1. The van der Waals surface area contributed by atoms with E-state index in [9.17, 15) is 4.79 Å². The fourth-order valence-electron chi connectivity index (χ4n) is 0.881. The quantitative estimate of drug-likeness (QED) is 0.512. The maximum atomic E-state index is 10.6. The number of nitrogens with zero attached hydrogens (tertiary/aromatic N) is 2. The molecule has 0 amide bonds. The predicted octanol–water partition coefficient (Wildman–Crippen LogP) is 1.18. The van der Waals surface area contributed by atoms with Crippen molar-refractivity contribution in [1.82, 2.24) is 9.88 Å². The highest BCUT2D eigenvalue weighted by Gasteiger charge is 1.97. The third-order valence-electron chi connectivity index (χ3n) is 1.62. The second kappa shape index (κ2) is 4.40. The van der Waals surface area contributed by atoms with Crippen LogP contribution in [0.4, 0.5) is 0 Å². The summed E-state index contributed by atoms with van der Waals surface area (Å²) >= 11 is 0. The average molecular weight is 176 g/mol. The molecule has 0 radical (unpaired) electrons. The molecule has 1 aromatic rings. The number of likely N-dealkylation sites (N-methyl/N-ethyl adjacent to an activating group) is 1. The van der Waals surface area contributed by atoms with Gasteiger partial charge in [-0.15, -0.1) is 0 Å². The largest absolute Gasteiger partial charge is 0.375 e. The first-order chi connectivity index (χ1) is 6.24. The Morgan fingerprint density at radius 1 is 1.46 bits per heavy atom. The molecule has 0 N–H and O–H groups in total. The number of aromatic nitrogens is 1. The van der Waals surface area contributed by atoms with E-state index >= 15 is 0 Å². The van der Waals surface area contributed by atoms with Crippen molar-refractivity contribution in [2.75, 3.05) is 14.1 Å². The highest BCUT2D eigenvalue weighted by molar-refractivity contribution is 5.80. The lowest BCUT2D eigenvalue weighted by atomic mass is 10.3. The Kier molecular flexibility index (Phi) is 3.20. The fourth-order valence-corrected chi connectivity index (χ4v) is 0.881. The van der Waals surface area contributed by atoms with Gasteiger partial charge >= 0.3 is 0 Å². The van der Waals surface area contributed by atoms with Crippen molar-refractivity contribution in [1.29, 1.82) is 0 Å². The van der Waals surface area contributed by atoms with Crippen LogP contribution in [-0.4, -0.2) is 30.3 Å². The summed E-state index contributed by atoms with van der Waals surface area (Å²) in [5, 5.41) is 0. The standard InChI is InChI=1S/C10H12N2O/c1-12(2)10(8-13)7-9-5-3-4-6-11-9/h3-8H,1-2H3. The molecule has 0 saturated carbocycles. The summed E-state index contributed by atoms with van der Waals surface area (Å²) in [5.74, 6) is 0. The van der Waals surface area contributed by atoms with Crippen LogP contribution in [0, 0.1) is 0 Å². The maximum absolute atomic E-state index is 10.6. The van der Waals surface area contributed by atoms with Crippen molar-refractivity contribution in [3.05, 3.63) is 35.8 Å². The highest BCUT2D eigenvalue weighted by Crippen LogP contribution is 2.02. The lowest BCUT2D eigenvalue weighted by Crippen LogP contribution is -2.11. The predicted molar refractivity (Wildman–Crippen MR) is 52.0 cm³/mol. The highest BCUT2D eigenvalue weighted by atomic mass is 16.1. The molecule has 3 heteroatoms. The first-order valence-electron chi connectivity index (χ1n) is 3.99. The van der Waals surface area contributed by atoms with E-state index in [0.717, 1.165) is 12.0 Å². The first-order valence-corrected chi connectivity index (χ1v) is 3.99. The van der Waals surface area contributed by atoms with E-state index in [1.165, 1.54) is 0 Å². The molecule has 0 aliphatic carbocycles. The lowest BCUT2D eigenvalue weighted by molar-refractivity contribution is -0.105. The van der Waals surface area contributed by atoms with Gasteiger partial charge in [-0.1, -0.05) is 6.07 Å². The van der Waals surface area contributed by atoms with Crippen molar-refractivity contribution in [3.8, 4) is 0 Å². The van der Waals surface area contributed by atoms with Crippen LogP contribution >= 0.6 is 0 Å². The van der Waals surface area contributed by atoms with Gasteiger partial charge in [0, 0.05) is 20.3 Å². The van der Waals surface area contributed by atoms with Crippen molar-refractivity contribution in [2.24, 2.45) is 0 Å². The monoisotopic (exact) mass is 176 g/mol. The maximum Gasteiger partial charge on any atom is 0.166 e. The normalized spacial score (nSPS) is 11.1. The van der Waals surface area contributed by atoms with Gasteiger partial charge in [0.1, 0.15) is 0 Å². The topological polar surface area (TPSA) is 33.2 Å². The summed E-state index contributed by atoms with van der Waals surface area (Å²) in [6.07, 6.45) is 4.26. The van der Waals surface area contributed by atoms with E-state index in [0.29, 0.717) is 5.70 Å². The molecule has 0 atom stereocenters. The molecule has 1 rings (SSSR count). The number of rotatable bonds is 3. The SMILES string of the molecule is CN(C)C(C=O)=Cc1ccccn1. The summed E-state index contributed by atoms with van der Waals surface area (Å²) < 4.78 is 0. The van der Waals surface area contributed by atoms with E-state index in [1.54, 1.807) is 17.2 Å². The molecule has 13 heavy (non-hydrogen) atoms. The number of pyridine rings is 1. The molecule has 0 aliphatic rings. The Bertz CT molecular complexity index is 304. The zero-order valence-electron chi connectivity index (χ0n) is 7.77. The minimum atomic E-state index is 0.610. The molecule has 0 aromatic carbocycles. The Balaban J connectivity index is 2.92. The lowest BCUT2D eigenvalue weighted by Gasteiger charge is -2.10. The van der Waals surface area contributed by atoms with Crippen LogP contribution in [0.5, 0.6) is 0 Å². The van der Waals surface area contributed by atoms with Gasteiger partial charge in [-0.3, -0.25) is 9.78 Å². The van der Waals surface area contributed by atoms with E-state index in [-0.39, 0.29) is 0 Å². The van der Waals surface area contributed by atoms with Crippen molar-refractivity contribution in [2.45, 2.75) is 0 Å². The molecule has 0 saturated heterocycles. The summed E-state index contributed by atoms with van der Waals surface area (Å²) in [6.45, 7) is 0. The van der Waals surface area contributed by atoms with Crippen molar-refractivity contribution < 1.29 is 4.79 Å². The third kappa shape index (κ3) is 2.71. The molecule has 0 spiro atoms. The van der Waals surface area contributed by atoms with Gasteiger partial charge in [0.25, 0.3) is 0 Å². The molecule has 0 unspecified atom stereocenters. The van der Waals surface area contributed by atoms with Gasteiger partial charge < -0.3 is 4.90 Å². The first kappa shape index (κ1) is 9.45. The summed E-state index contributed by atoms with van der Waals surface area (Å²) in [7, 11) is 3.65. The van der Waals surface area contributed by atoms with Gasteiger partial charge in [0.15, 0.2) is 6.29 Å². The van der Waals surface area contributed by atoms with E-state index < -0.39 is 0 Å². The number of carbonyl (C=O) groups is 1. The average Bonchev–Trinajstić information content (AvgIpc) is 2.15. The Labute approximate surface area is 77.7 Å². The molecule has 68 valence electrons. The van der Waals surface area contributed by atoms with Crippen LogP contribution in [0.15, 0.2) is 30.1 Å². The van der Waals surface area contributed by atoms with Crippen LogP contribution in [0.3, 0.4) is 0 Å².